The van der Waals surface area contributed by atoms with Crippen LogP contribution < -0.4 is 5.32 Å². The van der Waals surface area contributed by atoms with Gasteiger partial charge in [-0.15, -0.1) is 0 Å². The molecule has 0 amide bonds. The van der Waals surface area contributed by atoms with Gasteiger partial charge in [0.15, 0.2) is 0 Å². The molecule has 2 aromatic carbocycles. The molecule has 0 atom stereocenters. The number of nitriles is 1. The van der Waals surface area contributed by atoms with Crippen LogP contribution in [0.2, 0.25) is 0 Å². The summed E-state index contributed by atoms with van der Waals surface area (Å²) in [6.07, 6.45) is 0. The van der Waals surface area contributed by atoms with Crippen LogP contribution in [-0.2, 0) is 13.1 Å². The number of hydrogen-bond acceptors (Lipinski definition) is 2. The fourth-order valence-electron chi connectivity index (χ4n) is 1.70. The summed E-state index contributed by atoms with van der Waals surface area (Å²) in [5, 5.41) is 12.2. The van der Waals surface area contributed by atoms with Gasteiger partial charge in [0, 0.05) is 16.7 Å². The summed E-state index contributed by atoms with van der Waals surface area (Å²) in [5.74, 6) is 0. The summed E-state index contributed by atoms with van der Waals surface area (Å²) in [4.78, 5) is 0. The SMILES string of the molecule is N#Cc1cccc(CNCc2ccc(I)cc2)c1. The highest BCUT2D eigenvalue weighted by atomic mass is 127. The normalized spacial score (nSPS) is 10.0. The molecule has 1 N–H and O–H groups in total. The molecule has 0 radical (unpaired) electrons. The number of nitrogens with one attached hydrogen (secondary N) is 1. The molecule has 2 nitrogen and oxygen atoms in total. The van der Waals surface area contributed by atoms with Crippen LogP contribution in [0.25, 0.3) is 0 Å². The van der Waals surface area contributed by atoms with E-state index < -0.39 is 0 Å². The molecule has 0 aliphatic carbocycles. The number of halogens is 1. The van der Waals surface area contributed by atoms with E-state index in [1.54, 1.807) is 0 Å². The summed E-state index contributed by atoms with van der Waals surface area (Å²) in [6.45, 7) is 1.62. The maximum absolute atomic E-state index is 8.82. The second kappa shape index (κ2) is 6.53. The number of benzene rings is 2. The molecule has 2 aromatic rings. The lowest BCUT2D eigenvalue weighted by molar-refractivity contribution is 0.693. The Morgan fingerprint density at radius 3 is 2.44 bits per heavy atom. The van der Waals surface area contributed by atoms with Crippen LogP contribution in [0.5, 0.6) is 0 Å². The van der Waals surface area contributed by atoms with Crippen LogP contribution in [0.3, 0.4) is 0 Å². The fraction of sp³-hybridized carbons (Fsp3) is 0.133. The third-order valence-electron chi connectivity index (χ3n) is 2.63. The summed E-state index contributed by atoms with van der Waals surface area (Å²) >= 11 is 2.30. The van der Waals surface area contributed by atoms with E-state index in [1.807, 2.05) is 24.3 Å². The molecule has 0 saturated carbocycles. The van der Waals surface area contributed by atoms with Crippen molar-refractivity contribution < 1.29 is 0 Å². The van der Waals surface area contributed by atoms with Gasteiger partial charge in [-0.1, -0.05) is 24.3 Å². The summed E-state index contributed by atoms with van der Waals surface area (Å²) in [6, 6.07) is 18.3. The molecule has 0 heterocycles. The van der Waals surface area contributed by atoms with E-state index in [0.717, 1.165) is 18.7 Å². The van der Waals surface area contributed by atoms with Crippen LogP contribution in [-0.4, -0.2) is 0 Å². The first-order valence-corrected chi connectivity index (χ1v) is 6.80. The molecule has 2 rings (SSSR count). The molecule has 0 fully saturated rings. The Morgan fingerprint density at radius 1 is 1.00 bits per heavy atom. The van der Waals surface area contributed by atoms with Gasteiger partial charge in [-0.05, 0) is 58.0 Å². The third-order valence-corrected chi connectivity index (χ3v) is 3.35. The summed E-state index contributed by atoms with van der Waals surface area (Å²) in [5.41, 5.74) is 3.12. The Kier molecular flexibility index (Phi) is 4.73. The zero-order valence-electron chi connectivity index (χ0n) is 9.86. The predicted octanol–water partition coefficient (Wildman–Crippen LogP) is 3.45. The van der Waals surface area contributed by atoms with Crippen molar-refractivity contribution in [1.82, 2.24) is 5.32 Å². The first-order chi connectivity index (χ1) is 8.78. The van der Waals surface area contributed by atoms with E-state index in [4.69, 9.17) is 5.26 Å². The smallest absolute Gasteiger partial charge is 0.0991 e. The average Bonchev–Trinajstić information content (AvgIpc) is 2.41. The minimum Gasteiger partial charge on any atom is -0.309 e. The summed E-state index contributed by atoms with van der Waals surface area (Å²) < 4.78 is 1.25. The lowest BCUT2D eigenvalue weighted by Gasteiger charge is -2.05. The van der Waals surface area contributed by atoms with Crippen LogP contribution in [0, 0.1) is 14.9 Å². The zero-order chi connectivity index (χ0) is 12.8. The average molecular weight is 348 g/mol. The molecule has 0 aliphatic rings. The molecule has 18 heavy (non-hydrogen) atoms. The highest BCUT2D eigenvalue weighted by Crippen LogP contribution is 2.07. The minimum atomic E-state index is 0.712. The number of nitrogens with zero attached hydrogens (tertiary/aromatic N) is 1. The van der Waals surface area contributed by atoms with Crippen LogP contribution in [0.15, 0.2) is 48.5 Å². The van der Waals surface area contributed by atoms with Crippen molar-refractivity contribution in [2.75, 3.05) is 0 Å². The largest absolute Gasteiger partial charge is 0.309 e. The van der Waals surface area contributed by atoms with Crippen molar-refractivity contribution in [3.8, 4) is 6.07 Å². The van der Waals surface area contributed by atoms with Crippen molar-refractivity contribution in [3.05, 3.63) is 68.8 Å². The van der Waals surface area contributed by atoms with E-state index in [9.17, 15) is 0 Å². The van der Waals surface area contributed by atoms with Crippen LogP contribution in [0.1, 0.15) is 16.7 Å². The van der Waals surface area contributed by atoms with Crippen LogP contribution in [0.4, 0.5) is 0 Å². The van der Waals surface area contributed by atoms with Gasteiger partial charge in [-0.2, -0.15) is 5.26 Å². The Labute approximate surface area is 121 Å². The Balaban J connectivity index is 1.88. The highest BCUT2D eigenvalue weighted by molar-refractivity contribution is 14.1. The molecule has 0 unspecified atom stereocenters. The molecule has 0 spiro atoms. The topological polar surface area (TPSA) is 35.8 Å². The molecular weight excluding hydrogens is 335 g/mol. The van der Waals surface area contributed by atoms with Crippen molar-refractivity contribution in [3.63, 3.8) is 0 Å². The second-order valence-corrected chi connectivity index (χ2v) is 5.29. The van der Waals surface area contributed by atoms with Crippen molar-refractivity contribution >= 4 is 22.6 Å². The molecule has 0 saturated heterocycles. The predicted molar refractivity (Wildman–Crippen MR) is 80.9 cm³/mol. The van der Waals surface area contributed by atoms with E-state index >= 15 is 0 Å². The lowest BCUT2D eigenvalue weighted by Crippen LogP contribution is -2.12. The van der Waals surface area contributed by atoms with Gasteiger partial charge < -0.3 is 5.32 Å². The van der Waals surface area contributed by atoms with Crippen molar-refractivity contribution in [2.24, 2.45) is 0 Å². The Morgan fingerprint density at radius 2 is 1.72 bits per heavy atom. The van der Waals surface area contributed by atoms with Gasteiger partial charge in [-0.3, -0.25) is 0 Å². The van der Waals surface area contributed by atoms with E-state index in [0.29, 0.717) is 5.56 Å². The van der Waals surface area contributed by atoms with Gasteiger partial charge in [0.1, 0.15) is 0 Å². The molecule has 90 valence electrons. The molecule has 3 heteroatoms. The quantitative estimate of drug-likeness (QED) is 0.859. The van der Waals surface area contributed by atoms with E-state index in [1.165, 1.54) is 9.13 Å². The molecular formula is C15H13IN2. The zero-order valence-corrected chi connectivity index (χ0v) is 12.0. The van der Waals surface area contributed by atoms with Crippen molar-refractivity contribution in [2.45, 2.75) is 13.1 Å². The Hall–Kier alpha value is -1.38. The summed E-state index contributed by atoms with van der Waals surface area (Å²) in [7, 11) is 0. The van der Waals surface area contributed by atoms with Gasteiger partial charge >= 0.3 is 0 Å². The Bertz CT molecular complexity index is 555. The maximum Gasteiger partial charge on any atom is 0.0991 e. The number of rotatable bonds is 4. The van der Waals surface area contributed by atoms with Gasteiger partial charge in [0.25, 0.3) is 0 Å². The maximum atomic E-state index is 8.82. The second-order valence-electron chi connectivity index (χ2n) is 4.04. The molecule has 0 bridgehead atoms. The van der Waals surface area contributed by atoms with Gasteiger partial charge in [-0.25, -0.2) is 0 Å². The van der Waals surface area contributed by atoms with Crippen molar-refractivity contribution in [1.29, 1.82) is 5.26 Å². The standard InChI is InChI=1S/C15H13IN2/c16-15-6-4-12(5-7-15)10-18-11-14-3-1-2-13(8-14)9-17/h1-8,18H,10-11H2. The monoisotopic (exact) mass is 348 g/mol. The number of hydrogen-bond donors (Lipinski definition) is 1. The lowest BCUT2D eigenvalue weighted by atomic mass is 10.1. The van der Waals surface area contributed by atoms with Gasteiger partial charge in [0.05, 0.1) is 11.6 Å². The van der Waals surface area contributed by atoms with E-state index in [-0.39, 0.29) is 0 Å². The van der Waals surface area contributed by atoms with Gasteiger partial charge in [0.2, 0.25) is 0 Å². The first-order valence-electron chi connectivity index (χ1n) is 5.72. The minimum absolute atomic E-state index is 0.712. The first kappa shape index (κ1) is 13.1. The third kappa shape index (κ3) is 3.83. The molecule has 0 aliphatic heterocycles. The highest BCUT2D eigenvalue weighted by Gasteiger charge is 1.96. The molecule has 0 aromatic heterocycles. The van der Waals surface area contributed by atoms with E-state index in [2.05, 4.69) is 58.2 Å². The van der Waals surface area contributed by atoms with Crippen LogP contribution >= 0.6 is 22.6 Å². The fourth-order valence-corrected chi connectivity index (χ4v) is 2.06.